The number of H-pyrrole nitrogens is 1. The van der Waals surface area contributed by atoms with Crippen LogP contribution in [0.5, 0.6) is 0 Å². The highest BCUT2D eigenvalue weighted by atomic mass is 16.5. The van der Waals surface area contributed by atoms with Gasteiger partial charge in [0, 0.05) is 40.0 Å². The number of carbonyl (C=O) groups excluding carboxylic acids is 1. The van der Waals surface area contributed by atoms with E-state index in [0.717, 1.165) is 63.4 Å². The molecule has 2 aromatic carbocycles. The van der Waals surface area contributed by atoms with Crippen molar-refractivity contribution in [3.05, 3.63) is 100.0 Å². The molecular weight excluding hydrogens is 494 g/mol. The lowest BCUT2D eigenvalue weighted by molar-refractivity contribution is 0.187. The second kappa shape index (κ2) is 9.71. The number of fused-ring (bicyclic) bond motifs is 1. The molecule has 2 N–H and O–H groups in total. The number of benzene rings is 2. The van der Waals surface area contributed by atoms with Crippen LogP contribution in [0, 0.1) is 13.8 Å². The summed E-state index contributed by atoms with van der Waals surface area (Å²) in [6.45, 7) is 4.05. The molecule has 0 unspecified atom stereocenters. The number of carbonyl (C=O) groups is 1. The summed E-state index contributed by atoms with van der Waals surface area (Å²) in [5.74, 6) is 0. The molecule has 10 heteroatoms. The van der Waals surface area contributed by atoms with E-state index >= 15 is 0 Å². The van der Waals surface area contributed by atoms with Crippen molar-refractivity contribution in [2.45, 2.75) is 32.7 Å². The lowest BCUT2D eigenvalue weighted by Gasteiger charge is -2.15. The van der Waals surface area contributed by atoms with Crippen molar-refractivity contribution in [3.63, 3.8) is 0 Å². The second-order valence-corrected chi connectivity index (χ2v) is 9.73. The van der Waals surface area contributed by atoms with Crippen LogP contribution in [0.4, 0.5) is 10.5 Å². The predicted molar refractivity (Wildman–Crippen MR) is 147 cm³/mol. The monoisotopic (exact) mass is 521 g/mol. The third kappa shape index (κ3) is 4.50. The predicted octanol–water partition coefficient (Wildman–Crippen LogP) is 4.82. The van der Waals surface area contributed by atoms with E-state index in [4.69, 9.17) is 0 Å². The summed E-state index contributed by atoms with van der Waals surface area (Å²) in [5.41, 5.74) is 9.37. The molecule has 3 aromatic heterocycles. The van der Waals surface area contributed by atoms with Crippen molar-refractivity contribution in [3.8, 4) is 27.9 Å². The van der Waals surface area contributed by atoms with E-state index in [1.165, 1.54) is 7.11 Å². The number of hydrogen-bond donors (Lipinski definition) is 2. The van der Waals surface area contributed by atoms with Crippen molar-refractivity contribution in [1.29, 1.82) is 0 Å². The molecule has 5 aromatic rings. The quantitative estimate of drug-likeness (QED) is 0.342. The van der Waals surface area contributed by atoms with E-state index in [1.807, 2.05) is 54.8 Å². The molecular formula is C29H27N7O3. The Hall–Kier alpha value is -4.99. The fourth-order valence-electron chi connectivity index (χ4n) is 5.36. The number of ether oxygens (including phenoxy) is 1. The number of amides is 1. The van der Waals surface area contributed by atoms with Crippen molar-refractivity contribution >= 4 is 11.8 Å². The minimum atomic E-state index is -0.509. The summed E-state index contributed by atoms with van der Waals surface area (Å²) in [4.78, 5) is 28.5. The molecule has 1 aliphatic heterocycles. The van der Waals surface area contributed by atoms with Crippen molar-refractivity contribution in [1.82, 2.24) is 29.8 Å². The van der Waals surface area contributed by atoms with Gasteiger partial charge < -0.3 is 14.3 Å². The first-order valence-electron chi connectivity index (χ1n) is 12.7. The summed E-state index contributed by atoms with van der Waals surface area (Å²) in [7, 11) is 1.33. The Bertz CT molecular complexity index is 1730. The van der Waals surface area contributed by atoms with E-state index < -0.39 is 6.09 Å². The van der Waals surface area contributed by atoms with Crippen LogP contribution in [0.25, 0.3) is 27.9 Å². The smallest absolute Gasteiger partial charge is 0.411 e. The number of methoxy groups -OCH3 is 1. The van der Waals surface area contributed by atoms with Crippen molar-refractivity contribution in [2.24, 2.45) is 0 Å². The molecule has 6 rings (SSSR count). The van der Waals surface area contributed by atoms with Gasteiger partial charge in [0.1, 0.15) is 6.33 Å². The van der Waals surface area contributed by atoms with Crippen LogP contribution in [-0.4, -0.2) is 43.0 Å². The molecule has 0 saturated carbocycles. The lowest BCUT2D eigenvalue weighted by atomic mass is 10.0. The summed E-state index contributed by atoms with van der Waals surface area (Å²) in [6.07, 6.45) is 2.67. The van der Waals surface area contributed by atoms with Gasteiger partial charge in [0.15, 0.2) is 0 Å². The van der Waals surface area contributed by atoms with Gasteiger partial charge in [-0.2, -0.15) is 4.68 Å². The molecule has 0 radical (unpaired) electrons. The van der Waals surface area contributed by atoms with Crippen molar-refractivity contribution in [2.75, 3.05) is 12.4 Å². The summed E-state index contributed by atoms with van der Waals surface area (Å²) < 4.78 is 8.17. The fourth-order valence-corrected chi connectivity index (χ4v) is 5.36. The number of tetrazole rings is 1. The second-order valence-electron chi connectivity index (χ2n) is 9.73. The topological polar surface area (TPSA) is 120 Å². The van der Waals surface area contributed by atoms with Crippen LogP contribution in [-0.2, 0) is 11.2 Å². The normalized spacial score (nSPS) is 14.3. The van der Waals surface area contributed by atoms with Crippen LogP contribution >= 0.6 is 0 Å². The Morgan fingerprint density at radius 1 is 1.03 bits per heavy atom. The van der Waals surface area contributed by atoms with Crippen LogP contribution in [0.2, 0.25) is 0 Å². The molecule has 196 valence electrons. The van der Waals surface area contributed by atoms with Gasteiger partial charge in [0.05, 0.1) is 18.8 Å². The van der Waals surface area contributed by atoms with E-state index in [2.05, 4.69) is 48.8 Å². The van der Waals surface area contributed by atoms with Gasteiger partial charge in [0.25, 0.3) is 5.56 Å². The SMILES string of the molecule is COC(=O)Nc1ccc(-c2cc([C@@H]3CCc4cc(-c5cc(C)ccc5-n5cnnn5)cc(=O)n43)[nH]c2C)cc1. The highest BCUT2D eigenvalue weighted by Gasteiger charge is 2.27. The summed E-state index contributed by atoms with van der Waals surface area (Å²) in [5, 5.41) is 14.2. The van der Waals surface area contributed by atoms with E-state index in [1.54, 1.807) is 17.1 Å². The zero-order chi connectivity index (χ0) is 27.1. The third-order valence-corrected chi connectivity index (χ3v) is 7.21. The maximum Gasteiger partial charge on any atom is 0.411 e. The molecule has 1 amide bonds. The van der Waals surface area contributed by atoms with Gasteiger partial charge in [-0.15, -0.1) is 5.10 Å². The average Bonchev–Trinajstić information content (AvgIpc) is 3.69. The van der Waals surface area contributed by atoms with E-state index in [0.29, 0.717) is 5.69 Å². The number of aryl methyl sites for hydroxylation is 3. The van der Waals surface area contributed by atoms with Gasteiger partial charge in [-0.05, 0) is 84.6 Å². The Labute approximate surface area is 224 Å². The first-order chi connectivity index (χ1) is 18.9. The molecule has 0 bridgehead atoms. The van der Waals surface area contributed by atoms with E-state index in [9.17, 15) is 9.59 Å². The third-order valence-electron chi connectivity index (χ3n) is 7.21. The Balaban J connectivity index is 1.33. The molecule has 39 heavy (non-hydrogen) atoms. The molecule has 10 nitrogen and oxygen atoms in total. The van der Waals surface area contributed by atoms with Crippen LogP contribution in [0.1, 0.15) is 35.1 Å². The molecule has 1 atom stereocenters. The van der Waals surface area contributed by atoms with Crippen LogP contribution in [0.3, 0.4) is 0 Å². The van der Waals surface area contributed by atoms with Crippen LogP contribution in [0.15, 0.2) is 71.8 Å². The number of pyridine rings is 1. The lowest BCUT2D eigenvalue weighted by Crippen LogP contribution is -2.23. The number of rotatable bonds is 5. The standard InChI is InChI=1S/C29H27N7O3/c1-17-4-10-26(35-16-30-33-34-35)24(12-17)20-13-22-9-11-27(36(22)28(37)14-20)25-15-23(18(2)31-25)19-5-7-21(8-6-19)32-29(38)39-3/h4-8,10,12-16,27,31H,9,11H2,1-3H3,(H,32,38)/t27-/m0/s1. The van der Waals surface area contributed by atoms with Gasteiger partial charge in [-0.25, -0.2) is 4.79 Å². The molecule has 4 heterocycles. The highest BCUT2D eigenvalue weighted by molar-refractivity contribution is 5.85. The molecule has 0 saturated heterocycles. The number of nitrogens with zero attached hydrogens (tertiary/aromatic N) is 5. The average molecular weight is 522 g/mol. The number of nitrogens with one attached hydrogen (secondary N) is 2. The van der Waals surface area contributed by atoms with E-state index in [-0.39, 0.29) is 11.6 Å². The molecule has 0 spiro atoms. The highest BCUT2D eigenvalue weighted by Crippen LogP contribution is 2.36. The number of hydrogen-bond acceptors (Lipinski definition) is 6. The minimum absolute atomic E-state index is 0.0405. The zero-order valence-corrected chi connectivity index (χ0v) is 21.8. The van der Waals surface area contributed by atoms with Crippen molar-refractivity contribution < 1.29 is 9.53 Å². The van der Waals surface area contributed by atoms with Gasteiger partial charge in [-0.3, -0.25) is 10.1 Å². The maximum absolute atomic E-state index is 13.5. The Morgan fingerprint density at radius 3 is 2.59 bits per heavy atom. The van der Waals surface area contributed by atoms with Gasteiger partial charge in [-0.1, -0.05) is 23.8 Å². The zero-order valence-electron chi connectivity index (χ0n) is 21.8. The molecule has 1 aliphatic rings. The first kappa shape index (κ1) is 24.4. The summed E-state index contributed by atoms with van der Waals surface area (Å²) >= 11 is 0. The Morgan fingerprint density at radius 2 is 1.85 bits per heavy atom. The molecule has 0 aliphatic carbocycles. The van der Waals surface area contributed by atoms with Gasteiger partial charge >= 0.3 is 6.09 Å². The minimum Gasteiger partial charge on any atom is -0.453 e. The number of aromatic nitrogens is 6. The number of aromatic amines is 1. The van der Waals surface area contributed by atoms with Crippen LogP contribution < -0.4 is 10.9 Å². The first-order valence-corrected chi connectivity index (χ1v) is 12.7. The summed E-state index contributed by atoms with van der Waals surface area (Å²) in [6, 6.07) is 19.5. The Kier molecular flexibility index (Phi) is 6.07. The van der Waals surface area contributed by atoms with Gasteiger partial charge in [0.2, 0.25) is 0 Å². The largest absolute Gasteiger partial charge is 0.453 e. The fraction of sp³-hybridized carbons (Fsp3) is 0.207. The molecule has 0 fully saturated rings. The number of anilines is 1. The maximum atomic E-state index is 13.5.